The molecule has 1 aromatic rings. The topological polar surface area (TPSA) is 55.1 Å². The summed E-state index contributed by atoms with van der Waals surface area (Å²) in [6.07, 6.45) is 7.15. The number of hydrogen-bond donors (Lipinski definition) is 2. The van der Waals surface area contributed by atoms with Crippen molar-refractivity contribution < 1.29 is 4.79 Å². The first-order valence-corrected chi connectivity index (χ1v) is 6.05. The molecule has 3 nitrogen and oxygen atoms in total. The van der Waals surface area contributed by atoms with Gasteiger partial charge in [0.15, 0.2) is 0 Å². The second-order valence-electron chi connectivity index (χ2n) is 4.19. The molecule has 0 bridgehead atoms. The molecule has 0 aromatic heterocycles. The summed E-state index contributed by atoms with van der Waals surface area (Å²) in [5, 5.41) is 3.41. The zero-order valence-electron chi connectivity index (χ0n) is 9.45. The van der Waals surface area contributed by atoms with E-state index >= 15 is 0 Å². The molecule has 1 aromatic carbocycles. The molecule has 1 unspecified atom stereocenters. The summed E-state index contributed by atoms with van der Waals surface area (Å²) >= 11 is 5.88. The van der Waals surface area contributed by atoms with Gasteiger partial charge >= 0.3 is 0 Å². The predicted molar refractivity (Wildman–Crippen MR) is 70.1 cm³/mol. The van der Waals surface area contributed by atoms with E-state index in [2.05, 4.69) is 17.5 Å². The maximum atomic E-state index is 11.9. The molecule has 1 aliphatic carbocycles. The Morgan fingerprint density at radius 3 is 2.88 bits per heavy atom. The van der Waals surface area contributed by atoms with Crippen LogP contribution in [0.15, 0.2) is 30.4 Å². The normalized spacial score (nSPS) is 19.0. The van der Waals surface area contributed by atoms with E-state index in [-0.39, 0.29) is 11.9 Å². The lowest BCUT2D eigenvalue weighted by molar-refractivity contribution is 0.0935. The number of halogens is 1. The number of anilines is 1. The fourth-order valence-electron chi connectivity index (χ4n) is 1.86. The van der Waals surface area contributed by atoms with Gasteiger partial charge in [-0.1, -0.05) is 23.8 Å². The molecule has 0 aliphatic heterocycles. The summed E-state index contributed by atoms with van der Waals surface area (Å²) in [4.78, 5) is 11.9. The number of hydrogen-bond acceptors (Lipinski definition) is 2. The molecule has 0 radical (unpaired) electrons. The summed E-state index contributed by atoms with van der Waals surface area (Å²) in [7, 11) is 0. The van der Waals surface area contributed by atoms with E-state index in [0.717, 1.165) is 19.3 Å². The van der Waals surface area contributed by atoms with Crippen LogP contribution < -0.4 is 11.1 Å². The van der Waals surface area contributed by atoms with Crippen molar-refractivity contribution in [2.24, 2.45) is 0 Å². The Balaban J connectivity index is 2.03. The second kappa shape index (κ2) is 5.23. The lowest BCUT2D eigenvalue weighted by atomic mass is 10.0. The van der Waals surface area contributed by atoms with Crippen molar-refractivity contribution in [3.8, 4) is 0 Å². The average molecular weight is 251 g/mol. The number of nitrogen functional groups attached to an aromatic ring is 1. The number of benzene rings is 1. The van der Waals surface area contributed by atoms with Gasteiger partial charge in [-0.3, -0.25) is 4.79 Å². The fourth-order valence-corrected chi connectivity index (χ4v) is 2.04. The van der Waals surface area contributed by atoms with E-state index in [1.165, 1.54) is 0 Å². The summed E-state index contributed by atoms with van der Waals surface area (Å²) < 4.78 is 0. The molecule has 0 saturated carbocycles. The van der Waals surface area contributed by atoms with E-state index in [1.54, 1.807) is 18.2 Å². The van der Waals surface area contributed by atoms with Gasteiger partial charge in [-0.05, 0) is 37.5 Å². The molecular formula is C13H15ClN2O. The molecule has 3 N–H and O–H groups in total. The third kappa shape index (κ3) is 3.01. The van der Waals surface area contributed by atoms with Gasteiger partial charge in [0, 0.05) is 11.6 Å². The molecule has 0 fully saturated rings. The van der Waals surface area contributed by atoms with Crippen LogP contribution in [0.3, 0.4) is 0 Å². The Bertz CT molecular complexity index is 457. The molecule has 0 saturated heterocycles. The minimum Gasteiger partial charge on any atom is -0.398 e. The Labute approximate surface area is 106 Å². The van der Waals surface area contributed by atoms with Gasteiger partial charge in [-0.25, -0.2) is 0 Å². The second-order valence-corrected chi connectivity index (χ2v) is 4.60. The van der Waals surface area contributed by atoms with Gasteiger partial charge in [-0.15, -0.1) is 0 Å². The predicted octanol–water partition coefficient (Wildman–Crippen LogP) is 2.76. The highest BCUT2D eigenvalue weighted by atomic mass is 35.5. The summed E-state index contributed by atoms with van der Waals surface area (Å²) in [5.74, 6) is -0.0906. The first-order chi connectivity index (χ1) is 8.16. The van der Waals surface area contributed by atoms with Crippen molar-refractivity contribution in [2.45, 2.75) is 25.3 Å². The number of carbonyl (C=O) groups excluding carboxylic acids is 1. The molecule has 17 heavy (non-hydrogen) atoms. The quantitative estimate of drug-likeness (QED) is 0.626. The van der Waals surface area contributed by atoms with Crippen LogP contribution in [0.2, 0.25) is 5.02 Å². The van der Waals surface area contributed by atoms with Crippen molar-refractivity contribution in [1.82, 2.24) is 5.32 Å². The van der Waals surface area contributed by atoms with Crippen LogP contribution in [0.5, 0.6) is 0 Å². The van der Waals surface area contributed by atoms with Gasteiger partial charge in [0.1, 0.15) is 0 Å². The number of allylic oxidation sites excluding steroid dienone is 1. The van der Waals surface area contributed by atoms with Crippen molar-refractivity contribution >= 4 is 23.2 Å². The van der Waals surface area contributed by atoms with Gasteiger partial charge in [0.25, 0.3) is 5.91 Å². The average Bonchev–Trinajstić information content (AvgIpc) is 2.34. The third-order valence-electron chi connectivity index (χ3n) is 2.87. The van der Waals surface area contributed by atoms with Crippen LogP contribution in [0.25, 0.3) is 0 Å². The smallest absolute Gasteiger partial charge is 0.251 e. The van der Waals surface area contributed by atoms with Gasteiger partial charge < -0.3 is 11.1 Å². The molecule has 2 rings (SSSR count). The Hall–Kier alpha value is -1.48. The molecular weight excluding hydrogens is 236 g/mol. The highest BCUT2D eigenvalue weighted by Gasteiger charge is 2.14. The maximum Gasteiger partial charge on any atom is 0.251 e. The van der Waals surface area contributed by atoms with E-state index in [0.29, 0.717) is 16.3 Å². The molecule has 1 atom stereocenters. The minimum absolute atomic E-state index is 0.0906. The third-order valence-corrected chi connectivity index (χ3v) is 3.19. The zero-order valence-corrected chi connectivity index (χ0v) is 10.2. The summed E-state index contributed by atoms with van der Waals surface area (Å²) in [6.45, 7) is 0. The Morgan fingerprint density at radius 2 is 2.24 bits per heavy atom. The van der Waals surface area contributed by atoms with E-state index in [1.807, 2.05) is 0 Å². The highest BCUT2D eigenvalue weighted by molar-refractivity contribution is 6.33. The Kier molecular flexibility index (Phi) is 3.69. The summed E-state index contributed by atoms with van der Waals surface area (Å²) in [5.41, 5.74) is 6.64. The lowest BCUT2D eigenvalue weighted by Crippen LogP contribution is -2.35. The van der Waals surface area contributed by atoms with E-state index < -0.39 is 0 Å². The number of nitrogens with one attached hydrogen (secondary N) is 1. The molecule has 0 heterocycles. The molecule has 0 spiro atoms. The van der Waals surface area contributed by atoms with Crippen LogP contribution >= 0.6 is 11.6 Å². The zero-order chi connectivity index (χ0) is 12.3. The lowest BCUT2D eigenvalue weighted by Gasteiger charge is -2.19. The van der Waals surface area contributed by atoms with Crippen molar-refractivity contribution in [1.29, 1.82) is 0 Å². The van der Waals surface area contributed by atoms with Crippen LogP contribution in [-0.2, 0) is 0 Å². The van der Waals surface area contributed by atoms with Gasteiger partial charge in [-0.2, -0.15) is 0 Å². The Morgan fingerprint density at radius 1 is 1.41 bits per heavy atom. The highest BCUT2D eigenvalue weighted by Crippen LogP contribution is 2.20. The molecule has 1 amide bonds. The molecule has 90 valence electrons. The number of rotatable bonds is 2. The van der Waals surface area contributed by atoms with E-state index in [4.69, 9.17) is 17.3 Å². The number of nitrogens with two attached hydrogens (primary N) is 1. The number of carbonyl (C=O) groups is 1. The van der Waals surface area contributed by atoms with Gasteiger partial charge in [0.2, 0.25) is 0 Å². The van der Waals surface area contributed by atoms with Gasteiger partial charge in [0.05, 0.1) is 10.7 Å². The monoisotopic (exact) mass is 250 g/mol. The van der Waals surface area contributed by atoms with Crippen molar-refractivity contribution in [3.63, 3.8) is 0 Å². The summed E-state index contributed by atoms with van der Waals surface area (Å²) in [6, 6.07) is 5.17. The minimum atomic E-state index is -0.0906. The molecule has 1 aliphatic rings. The first-order valence-electron chi connectivity index (χ1n) is 5.67. The first kappa shape index (κ1) is 12.0. The van der Waals surface area contributed by atoms with Crippen LogP contribution in [0, 0.1) is 0 Å². The van der Waals surface area contributed by atoms with Crippen LogP contribution in [0.4, 0.5) is 5.69 Å². The standard InChI is InChI=1S/C13H15ClN2O/c14-11-8-9(6-7-12(11)15)13(17)16-10-4-2-1-3-5-10/h1-2,6-8,10H,3-5,15H2,(H,16,17). The van der Waals surface area contributed by atoms with Crippen LogP contribution in [-0.4, -0.2) is 11.9 Å². The van der Waals surface area contributed by atoms with E-state index in [9.17, 15) is 4.79 Å². The molecule has 4 heteroatoms. The fraction of sp³-hybridized carbons (Fsp3) is 0.308. The SMILES string of the molecule is Nc1ccc(C(=O)NC2CC=CCC2)cc1Cl. The maximum absolute atomic E-state index is 11.9. The van der Waals surface area contributed by atoms with Crippen LogP contribution in [0.1, 0.15) is 29.6 Å². The number of amides is 1. The van der Waals surface area contributed by atoms with Crippen molar-refractivity contribution in [3.05, 3.63) is 40.9 Å². The van der Waals surface area contributed by atoms with Crippen molar-refractivity contribution in [2.75, 3.05) is 5.73 Å². The largest absolute Gasteiger partial charge is 0.398 e.